The Hall–Kier alpha value is -1.26. The first-order valence-corrected chi connectivity index (χ1v) is 6.20. The summed E-state index contributed by atoms with van der Waals surface area (Å²) in [5.41, 5.74) is 0. The van der Waals surface area contributed by atoms with E-state index in [1.54, 1.807) is 18.7 Å². The Labute approximate surface area is 102 Å². The van der Waals surface area contributed by atoms with E-state index in [0.29, 0.717) is 5.92 Å². The van der Waals surface area contributed by atoms with E-state index in [4.69, 9.17) is 5.11 Å². The molecule has 0 spiro atoms. The third-order valence-corrected chi connectivity index (χ3v) is 3.16. The molecule has 0 bridgehead atoms. The molecule has 1 heterocycles. The van der Waals surface area contributed by atoms with Crippen molar-refractivity contribution in [2.45, 2.75) is 39.7 Å². The smallest absolute Gasteiger partial charge is 0.326 e. The van der Waals surface area contributed by atoms with Crippen molar-refractivity contribution in [3.8, 4) is 0 Å². The molecule has 1 unspecified atom stereocenters. The lowest BCUT2D eigenvalue weighted by atomic mass is 10.0. The predicted octanol–water partition coefficient (Wildman–Crippen LogP) is 1.54. The molecule has 2 amide bonds. The molecule has 0 aliphatic carbocycles. The lowest BCUT2D eigenvalue weighted by Crippen LogP contribution is -2.52. The fourth-order valence-corrected chi connectivity index (χ4v) is 2.11. The van der Waals surface area contributed by atoms with Crippen LogP contribution in [-0.2, 0) is 4.79 Å². The highest BCUT2D eigenvalue weighted by Crippen LogP contribution is 2.15. The summed E-state index contributed by atoms with van der Waals surface area (Å²) in [6.45, 7) is 7.13. The van der Waals surface area contributed by atoms with Crippen LogP contribution in [0.15, 0.2) is 0 Å². The number of carboxylic acids is 1. The van der Waals surface area contributed by atoms with E-state index in [-0.39, 0.29) is 11.9 Å². The molecule has 1 aliphatic rings. The van der Waals surface area contributed by atoms with Crippen LogP contribution in [0.1, 0.15) is 33.6 Å². The van der Waals surface area contributed by atoms with Crippen LogP contribution in [0.5, 0.6) is 0 Å². The number of nitrogens with zero attached hydrogens (tertiary/aromatic N) is 1. The van der Waals surface area contributed by atoms with Gasteiger partial charge in [0.05, 0.1) is 0 Å². The quantitative estimate of drug-likeness (QED) is 0.788. The maximum absolute atomic E-state index is 11.9. The summed E-state index contributed by atoms with van der Waals surface area (Å²) in [5, 5.41) is 11.6. The normalized spacial score (nSPS) is 22.4. The fourth-order valence-electron chi connectivity index (χ4n) is 2.11. The first-order valence-electron chi connectivity index (χ1n) is 6.20. The molecule has 98 valence electrons. The van der Waals surface area contributed by atoms with Crippen LogP contribution in [0, 0.1) is 11.8 Å². The number of nitrogens with one attached hydrogen (secondary N) is 1. The van der Waals surface area contributed by atoms with Gasteiger partial charge in [-0.1, -0.05) is 20.8 Å². The van der Waals surface area contributed by atoms with Crippen LogP contribution in [0.4, 0.5) is 4.79 Å². The number of amides is 2. The van der Waals surface area contributed by atoms with Gasteiger partial charge in [0.15, 0.2) is 0 Å². The summed E-state index contributed by atoms with van der Waals surface area (Å²) in [7, 11) is 0. The molecule has 2 atom stereocenters. The molecule has 1 saturated heterocycles. The number of carboxylic acid groups (broad SMARTS) is 1. The Kier molecular flexibility index (Phi) is 4.78. The van der Waals surface area contributed by atoms with Crippen molar-refractivity contribution in [1.29, 1.82) is 0 Å². The zero-order valence-corrected chi connectivity index (χ0v) is 10.8. The Bertz CT molecular complexity index is 291. The van der Waals surface area contributed by atoms with Crippen LogP contribution < -0.4 is 5.32 Å². The van der Waals surface area contributed by atoms with Crippen molar-refractivity contribution >= 4 is 12.0 Å². The average Bonchev–Trinajstić information content (AvgIpc) is 2.24. The minimum absolute atomic E-state index is 0.112. The maximum atomic E-state index is 11.9. The summed E-state index contributed by atoms with van der Waals surface area (Å²) in [6.07, 6.45) is 2.13. The van der Waals surface area contributed by atoms with Crippen LogP contribution >= 0.6 is 0 Å². The van der Waals surface area contributed by atoms with E-state index in [1.807, 2.05) is 0 Å². The predicted molar refractivity (Wildman–Crippen MR) is 64.8 cm³/mol. The lowest BCUT2D eigenvalue weighted by molar-refractivity contribution is -0.140. The van der Waals surface area contributed by atoms with E-state index < -0.39 is 12.0 Å². The molecule has 0 aromatic rings. The molecule has 0 aromatic carbocycles. The first-order chi connectivity index (χ1) is 7.91. The average molecular weight is 242 g/mol. The number of urea groups is 1. The van der Waals surface area contributed by atoms with E-state index in [2.05, 4.69) is 12.2 Å². The third kappa shape index (κ3) is 3.91. The van der Waals surface area contributed by atoms with Crippen molar-refractivity contribution in [2.24, 2.45) is 11.8 Å². The van der Waals surface area contributed by atoms with Gasteiger partial charge in [0, 0.05) is 13.1 Å². The van der Waals surface area contributed by atoms with Crippen molar-refractivity contribution in [2.75, 3.05) is 13.1 Å². The van der Waals surface area contributed by atoms with Crippen molar-refractivity contribution in [1.82, 2.24) is 10.2 Å². The molecule has 1 fully saturated rings. The number of likely N-dealkylation sites (tertiary alicyclic amines) is 1. The third-order valence-electron chi connectivity index (χ3n) is 3.16. The van der Waals surface area contributed by atoms with Crippen LogP contribution in [-0.4, -0.2) is 41.1 Å². The molecule has 17 heavy (non-hydrogen) atoms. The Morgan fingerprint density at radius 1 is 1.41 bits per heavy atom. The first kappa shape index (κ1) is 13.8. The van der Waals surface area contributed by atoms with Gasteiger partial charge in [0.2, 0.25) is 0 Å². The van der Waals surface area contributed by atoms with Gasteiger partial charge in [-0.05, 0) is 24.7 Å². The molecule has 0 saturated carbocycles. The number of piperidine rings is 1. The van der Waals surface area contributed by atoms with Crippen molar-refractivity contribution < 1.29 is 14.7 Å². The number of carbonyl (C=O) groups is 2. The highest BCUT2D eigenvalue weighted by molar-refractivity contribution is 5.82. The van der Waals surface area contributed by atoms with Crippen molar-refractivity contribution in [3.63, 3.8) is 0 Å². The van der Waals surface area contributed by atoms with E-state index in [9.17, 15) is 9.59 Å². The van der Waals surface area contributed by atoms with Gasteiger partial charge in [0.25, 0.3) is 0 Å². The van der Waals surface area contributed by atoms with Gasteiger partial charge in [-0.3, -0.25) is 0 Å². The molecule has 5 heteroatoms. The van der Waals surface area contributed by atoms with Gasteiger partial charge in [0.1, 0.15) is 6.04 Å². The zero-order valence-electron chi connectivity index (χ0n) is 10.8. The molecular weight excluding hydrogens is 220 g/mol. The Morgan fingerprint density at radius 2 is 2.06 bits per heavy atom. The van der Waals surface area contributed by atoms with Crippen LogP contribution in [0.25, 0.3) is 0 Å². The van der Waals surface area contributed by atoms with Gasteiger partial charge < -0.3 is 15.3 Å². The highest BCUT2D eigenvalue weighted by Gasteiger charge is 2.27. The van der Waals surface area contributed by atoms with E-state index in [1.165, 1.54) is 0 Å². The molecule has 1 aliphatic heterocycles. The Balaban J connectivity index is 2.54. The lowest BCUT2D eigenvalue weighted by Gasteiger charge is -2.32. The van der Waals surface area contributed by atoms with Crippen molar-refractivity contribution in [3.05, 3.63) is 0 Å². The topological polar surface area (TPSA) is 69.6 Å². The zero-order chi connectivity index (χ0) is 13.0. The highest BCUT2D eigenvalue weighted by atomic mass is 16.4. The molecule has 2 N–H and O–H groups in total. The van der Waals surface area contributed by atoms with Gasteiger partial charge in [-0.15, -0.1) is 0 Å². The molecule has 0 aromatic heterocycles. The Morgan fingerprint density at radius 3 is 2.53 bits per heavy atom. The van der Waals surface area contributed by atoms with Crippen LogP contribution in [0.3, 0.4) is 0 Å². The monoisotopic (exact) mass is 242 g/mol. The number of hydrogen-bond acceptors (Lipinski definition) is 2. The summed E-state index contributed by atoms with van der Waals surface area (Å²) >= 11 is 0. The largest absolute Gasteiger partial charge is 0.480 e. The number of aliphatic carboxylic acids is 1. The second kappa shape index (κ2) is 5.89. The summed E-state index contributed by atoms with van der Waals surface area (Å²) in [6, 6.07) is -1.06. The number of carbonyl (C=O) groups excluding carboxylic acids is 1. The van der Waals surface area contributed by atoms with Gasteiger partial charge in [-0.2, -0.15) is 0 Å². The van der Waals surface area contributed by atoms with Gasteiger partial charge >= 0.3 is 12.0 Å². The summed E-state index contributed by atoms with van der Waals surface area (Å²) in [5.74, 6) is -0.589. The molecular formula is C12H22N2O3. The second-order valence-electron chi connectivity index (χ2n) is 5.20. The second-order valence-corrected chi connectivity index (χ2v) is 5.20. The van der Waals surface area contributed by atoms with E-state index >= 15 is 0 Å². The minimum atomic E-state index is -0.974. The molecule has 0 radical (unpaired) electrons. The minimum Gasteiger partial charge on any atom is -0.480 e. The maximum Gasteiger partial charge on any atom is 0.326 e. The SMILES string of the molecule is CC1CCCN(C(=O)N[C@@H](C(=O)O)C(C)C)C1. The summed E-state index contributed by atoms with van der Waals surface area (Å²) < 4.78 is 0. The van der Waals surface area contributed by atoms with E-state index in [0.717, 1.165) is 25.9 Å². The number of rotatable bonds is 3. The summed E-state index contributed by atoms with van der Waals surface area (Å²) in [4.78, 5) is 24.6. The molecule has 5 nitrogen and oxygen atoms in total. The standard InChI is InChI=1S/C12H22N2O3/c1-8(2)10(11(15)16)13-12(17)14-6-4-5-9(3)7-14/h8-10H,4-7H2,1-3H3,(H,13,17)(H,15,16)/t9?,10-/m1/s1. The van der Waals surface area contributed by atoms with Gasteiger partial charge in [-0.25, -0.2) is 9.59 Å². The molecule has 1 rings (SSSR count). The number of hydrogen-bond donors (Lipinski definition) is 2. The van der Waals surface area contributed by atoms with Crippen LogP contribution in [0.2, 0.25) is 0 Å². The fraction of sp³-hybridized carbons (Fsp3) is 0.833.